The molecule has 0 aliphatic rings. The van der Waals surface area contributed by atoms with Crippen LogP contribution >= 0.6 is 0 Å². The van der Waals surface area contributed by atoms with Gasteiger partial charge < -0.3 is 15.2 Å². The van der Waals surface area contributed by atoms with Crippen molar-refractivity contribution in [1.82, 2.24) is 15.4 Å². The monoisotopic (exact) mass is 298 g/mol. The molecule has 1 aromatic heterocycles. The van der Waals surface area contributed by atoms with Crippen molar-refractivity contribution in [3.05, 3.63) is 36.0 Å². The number of methoxy groups -OCH3 is 2. The highest BCUT2D eigenvalue weighted by atomic mass is 16.5. The van der Waals surface area contributed by atoms with Gasteiger partial charge in [0.1, 0.15) is 17.2 Å². The van der Waals surface area contributed by atoms with Gasteiger partial charge in [-0.1, -0.05) is 12.1 Å². The molecule has 7 heteroatoms. The first-order chi connectivity index (χ1) is 10.7. The predicted molar refractivity (Wildman–Crippen MR) is 80.9 cm³/mol. The van der Waals surface area contributed by atoms with Gasteiger partial charge in [0, 0.05) is 10.9 Å². The Labute approximate surface area is 126 Å². The predicted octanol–water partition coefficient (Wildman–Crippen LogP) is 1.74. The van der Waals surface area contributed by atoms with E-state index in [1.165, 1.54) is 0 Å². The minimum Gasteiger partial charge on any atom is -0.496 e. The maximum absolute atomic E-state index is 11.5. The molecule has 1 heterocycles. The van der Waals surface area contributed by atoms with Crippen molar-refractivity contribution in [2.24, 2.45) is 5.73 Å². The average Bonchev–Trinajstić information content (AvgIpc) is 3.02. The summed E-state index contributed by atoms with van der Waals surface area (Å²) in [4.78, 5) is 11.5. The Balaban J connectivity index is 2.30. The Morgan fingerprint density at radius 1 is 1.14 bits per heavy atom. The van der Waals surface area contributed by atoms with Crippen LogP contribution in [0.2, 0.25) is 0 Å². The Kier molecular flexibility index (Phi) is 3.38. The van der Waals surface area contributed by atoms with Crippen LogP contribution in [0.5, 0.6) is 11.5 Å². The van der Waals surface area contributed by atoms with Gasteiger partial charge in [-0.05, 0) is 23.6 Å². The summed E-state index contributed by atoms with van der Waals surface area (Å²) >= 11 is 0. The van der Waals surface area contributed by atoms with Crippen LogP contribution in [-0.2, 0) is 0 Å². The van der Waals surface area contributed by atoms with E-state index in [4.69, 9.17) is 15.2 Å². The molecule has 0 spiro atoms. The lowest BCUT2D eigenvalue weighted by molar-refractivity contribution is 0.0996. The molecule has 7 nitrogen and oxygen atoms in total. The van der Waals surface area contributed by atoms with Crippen LogP contribution in [0.15, 0.2) is 30.3 Å². The molecule has 112 valence electrons. The number of fused-ring (bicyclic) bond motifs is 1. The first kappa shape index (κ1) is 13.9. The highest BCUT2D eigenvalue weighted by molar-refractivity contribution is 6.00. The first-order valence-corrected chi connectivity index (χ1v) is 6.51. The fourth-order valence-corrected chi connectivity index (χ4v) is 2.40. The van der Waals surface area contributed by atoms with Crippen LogP contribution in [0.4, 0.5) is 0 Å². The lowest BCUT2D eigenvalue weighted by Gasteiger charge is -2.11. The van der Waals surface area contributed by atoms with Crippen molar-refractivity contribution in [3.63, 3.8) is 0 Å². The summed E-state index contributed by atoms with van der Waals surface area (Å²) in [5.74, 6) is 0.627. The van der Waals surface area contributed by atoms with Crippen molar-refractivity contribution in [2.45, 2.75) is 0 Å². The van der Waals surface area contributed by atoms with E-state index in [9.17, 15) is 4.79 Å². The van der Waals surface area contributed by atoms with Crippen molar-refractivity contribution < 1.29 is 14.3 Å². The number of aromatic nitrogens is 3. The van der Waals surface area contributed by atoms with E-state index in [-0.39, 0.29) is 5.69 Å². The molecular formula is C15H14N4O3. The summed E-state index contributed by atoms with van der Waals surface area (Å²) in [5, 5.41) is 12.0. The number of aromatic amines is 1. The topological polar surface area (TPSA) is 103 Å². The lowest BCUT2D eigenvalue weighted by Crippen LogP contribution is -2.13. The van der Waals surface area contributed by atoms with E-state index in [1.54, 1.807) is 14.2 Å². The number of nitrogens with two attached hydrogens (primary N) is 1. The minimum absolute atomic E-state index is 0.0700. The third-order valence-corrected chi connectivity index (χ3v) is 3.42. The van der Waals surface area contributed by atoms with Gasteiger partial charge in [-0.15, -0.1) is 0 Å². The number of H-pyrrole nitrogens is 1. The summed E-state index contributed by atoms with van der Waals surface area (Å²) in [6.07, 6.45) is 0. The number of primary amides is 1. The first-order valence-electron chi connectivity index (χ1n) is 6.51. The molecule has 0 bridgehead atoms. The largest absolute Gasteiger partial charge is 0.496 e. The number of benzene rings is 2. The van der Waals surface area contributed by atoms with Gasteiger partial charge in [-0.2, -0.15) is 15.4 Å². The standard InChI is InChI=1S/C15H14N4O3/c1-21-11-5-3-4-8-6-10(12(22-2)7-9(8)11)13-14(15(16)20)18-19-17-13/h3-7H,1-2H3,(H2,16,20)(H,17,18,19). The van der Waals surface area contributed by atoms with Crippen molar-refractivity contribution in [3.8, 4) is 22.8 Å². The molecular weight excluding hydrogens is 284 g/mol. The van der Waals surface area contributed by atoms with Gasteiger partial charge in [-0.3, -0.25) is 4.79 Å². The Hall–Kier alpha value is -3.09. The number of ether oxygens (including phenoxy) is 2. The Morgan fingerprint density at radius 3 is 2.59 bits per heavy atom. The number of nitrogens with one attached hydrogen (secondary N) is 1. The van der Waals surface area contributed by atoms with Crippen LogP contribution in [0.25, 0.3) is 22.0 Å². The molecule has 0 fully saturated rings. The molecule has 3 rings (SSSR count). The van der Waals surface area contributed by atoms with Crippen molar-refractivity contribution in [1.29, 1.82) is 0 Å². The van der Waals surface area contributed by atoms with Gasteiger partial charge in [0.15, 0.2) is 5.69 Å². The zero-order chi connectivity index (χ0) is 15.7. The lowest BCUT2D eigenvalue weighted by atomic mass is 10.0. The van der Waals surface area contributed by atoms with E-state index in [0.29, 0.717) is 17.0 Å². The third kappa shape index (κ3) is 2.12. The smallest absolute Gasteiger partial charge is 0.271 e. The van der Waals surface area contributed by atoms with Crippen molar-refractivity contribution >= 4 is 16.7 Å². The number of rotatable bonds is 4. The fraction of sp³-hybridized carbons (Fsp3) is 0.133. The minimum atomic E-state index is -0.656. The maximum Gasteiger partial charge on any atom is 0.271 e. The normalized spacial score (nSPS) is 10.6. The molecule has 3 N–H and O–H groups in total. The third-order valence-electron chi connectivity index (χ3n) is 3.42. The summed E-state index contributed by atoms with van der Waals surface area (Å²) in [6.45, 7) is 0. The number of carbonyl (C=O) groups is 1. The molecule has 0 saturated carbocycles. The number of hydrogen-bond acceptors (Lipinski definition) is 5. The molecule has 0 aliphatic heterocycles. The van der Waals surface area contributed by atoms with E-state index >= 15 is 0 Å². The van der Waals surface area contributed by atoms with E-state index in [1.807, 2.05) is 30.3 Å². The summed E-state index contributed by atoms with van der Waals surface area (Å²) in [5.41, 5.74) is 6.38. The maximum atomic E-state index is 11.5. The van der Waals surface area contributed by atoms with Crippen LogP contribution in [-0.4, -0.2) is 35.5 Å². The molecule has 0 aliphatic carbocycles. The Morgan fingerprint density at radius 2 is 1.91 bits per heavy atom. The Bertz CT molecular complexity index is 857. The quantitative estimate of drug-likeness (QED) is 0.763. The number of amides is 1. The molecule has 0 radical (unpaired) electrons. The SMILES string of the molecule is COc1cc2c(OC)cccc2cc1-c1n[nH]nc1C(N)=O. The second-order valence-corrected chi connectivity index (χ2v) is 4.62. The van der Waals surface area contributed by atoms with E-state index < -0.39 is 5.91 Å². The highest BCUT2D eigenvalue weighted by Crippen LogP contribution is 2.37. The van der Waals surface area contributed by atoms with Gasteiger partial charge in [-0.25, -0.2) is 0 Å². The van der Waals surface area contributed by atoms with E-state index in [0.717, 1.165) is 16.5 Å². The van der Waals surface area contributed by atoms with E-state index in [2.05, 4.69) is 15.4 Å². The van der Waals surface area contributed by atoms with Crippen LogP contribution in [0.3, 0.4) is 0 Å². The zero-order valence-corrected chi connectivity index (χ0v) is 12.1. The molecule has 0 atom stereocenters. The molecule has 1 amide bonds. The molecule has 3 aromatic rings. The summed E-state index contributed by atoms with van der Waals surface area (Å²) in [6, 6.07) is 9.39. The summed E-state index contributed by atoms with van der Waals surface area (Å²) in [7, 11) is 3.15. The molecule has 0 saturated heterocycles. The summed E-state index contributed by atoms with van der Waals surface area (Å²) < 4.78 is 10.8. The van der Waals surface area contributed by atoms with Gasteiger partial charge in [0.2, 0.25) is 0 Å². The van der Waals surface area contributed by atoms with Gasteiger partial charge in [0.25, 0.3) is 5.91 Å². The second-order valence-electron chi connectivity index (χ2n) is 4.62. The van der Waals surface area contributed by atoms with Crippen molar-refractivity contribution in [2.75, 3.05) is 14.2 Å². The fourth-order valence-electron chi connectivity index (χ4n) is 2.40. The van der Waals surface area contributed by atoms with Gasteiger partial charge >= 0.3 is 0 Å². The molecule has 0 unspecified atom stereocenters. The van der Waals surface area contributed by atoms with Crippen LogP contribution in [0, 0.1) is 0 Å². The second kappa shape index (κ2) is 5.36. The number of carbonyl (C=O) groups excluding carboxylic acids is 1. The average molecular weight is 298 g/mol. The number of hydrogen-bond donors (Lipinski definition) is 2. The van der Waals surface area contributed by atoms with Crippen LogP contribution < -0.4 is 15.2 Å². The molecule has 22 heavy (non-hydrogen) atoms. The molecule has 2 aromatic carbocycles. The zero-order valence-electron chi connectivity index (χ0n) is 12.1. The van der Waals surface area contributed by atoms with Crippen LogP contribution in [0.1, 0.15) is 10.5 Å². The number of nitrogens with zero attached hydrogens (tertiary/aromatic N) is 2. The highest BCUT2D eigenvalue weighted by Gasteiger charge is 2.19. The van der Waals surface area contributed by atoms with Gasteiger partial charge in [0.05, 0.1) is 14.2 Å².